The lowest BCUT2D eigenvalue weighted by molar-refractivity contribution is -0.130. The average molecular weight is 631 g/mol. The molecule has 0 saturated carbocycles. The lowest BCUT2D eigenvalue weighted by Crippen LogP contribution is -2.59. The van der Waals surface area contributed by atoms with E-state index in [0.29, 0.717) is 54.3 Å². The van der Waals surface area contributed by atoms with Gasteiger partial charge in [-0.1, -0.05) is 29.8 Å². The van der Waals surface area contributed by atoms with Gasteiger partial charge in [0.25, 0.3) is 0 Å². The molecule has 0 spiro atoms. The van der Waals surface area contributed by atoms with E-state index in [9.17, 15) is 4.79 Å². The molecule has 7 rings (SSSR count). The second kappa shape index (κ2) is 11.2. The van der Waals surface area contributed by atoms with E-state index in [1.54, 1.807) is 6.07 Å². The molecule has 228 valence electrons. The van der Waals surface area contributed by atoms with Gasteiger partial charge in [-0.2, -0.15) is 0 Å². The van der Waals surface area contributed by atoms with Crippen LogP contribution < -0.4 is 9.64 Å². The Balaban J connectivity index is 1.36. The molecule has 12 heteroatoms. The zero-order valence-corrected chi connectivity index (χ0v) is 25.7. The number of hydrogen-bond acceptors (Lipinski definition) is 8. The minimum atomic E-state index is -0.443. The number of ether oxygens (including phenoxy) is 3. The third-order valence-corrected chi connectivity index (χ3v) is 9.51. The Morgan fingerprint density at radius 2 is 1.93 bits per heavy atom. The number of epoxide rings is 1. The summed E-state index contributed by atoms with van der Waals surface area (Å²) < 4.78 is 33.7. The minimum absolute atomic E-state index is 0.0365. The molecule has 5 heterocycles. The van der Waals surface area contributed by atoms with Gasteiger partial charge in [0.1, 0.15) is 18.3 Å². The normalized spacial score (nSPS) is 28.3. The first-order valence-electron chi connectivity index (χ1n) is 14.7. The Morgan fingerprint density at radius 1 is 1.14 bits per heavy atom. The van der Waals surface area contributed by atoms with Gasteiger partial charge in [0.15, 0.2) is 18.2 Å². The highest BCUT2D eigenvalue weighted by Gasteiger charge is 2.54. The highest BCUT2D eigenvalue weighted by Crippen LogP contribution is 2.53. The van der Waals surface area contributed by atoms with Crippen molar-refractivity contribution >= 4 is 40.6 Å². The maximum Gasteiger partial charge on any atom is 0.246 e. The van der Waals surface area contributed by atoms with Crippen molar-refractivity contribution in [1.29, 1.82) is 0 Å². The van der Waals surface area contributed by atoms with Gasteiger partial charge >= 0.3 is 0 Å². The molecule has 5 aliphatic rings. The lowest BCUT2D eigenvalue weighted by atomic mass is 9.95. The minimum Gasteiger partial charge on any atom is -0.488 e. The molecular formula is C31H34Cl2FN5O4. The second-order valence-corrected chi connectivity index (χ2v) is 12.6. The van der Waals surface area contributed by atoms with Gasteiger partial charge in [0.2, 0.25) is 5.91 Å². The highest BCUT2D eigenvalue weighted by molar-refractivity contribution is 6.35. The molecule has 0 aromatic heterocycles. The third-order valence-electron chi connectivity index (χ3n) is 8.98. The van der Waals surface area contributed by atoms with E-state index in [0.717, 1.165) is 36.7 Å². The number of rotatable bonds is 4. The number of fused-ring (bicyclic) bond motifs is 2. The average Bonchev–Trinajstić information content (AvgIpc) is 3.78. The maximum absolute atomic E-state index is 15.3. The van der Waals surface area contributed by atoms with Crippen LogP contribution in [-0.2, 0) is 14.3 Å². The fourth-order valence-corrected chi connectivity index (χ4v) is 7.25. The topological polar surface area (TPSA) is 73.4 Å². The summed E-state index contributed by atoms with van der Waals surface area (Å²) in [5, 5.41) is 0.738. The SMILES string of the molecule is C=CC(=O)N1C[C@H](C)N(C2=NC3OC3N3c4c2cc(Cl)c(-c2cc(Cl)ccc2F)c4OC[C@H]3CN2CCOCC2)C[C@H]1C. The lowest BCUT2D eigenvalue weighted by Gasteiger charge is -2.46. The number of benzene rings is 2. The Morgan fingerprint density at radius 3 is 2.70 bits per heavy atom. The molecule has 5 aliphatic heterocycles. The standard InChI is InChI=1S/C31H34Cl2FN5O4/c1-4-25(40)37-13-18(3)38(14-17(37)2)29-22-12-23(33)26(21-11-19(32)5-6-24(21)34)28-27(22)39(31-30(35-29)43-31)20(16-42-28)15-36-7-9-41-10-8-36/h4-6,11-12,17-18,20,30-31H,1,7-10,13-16H2,2-3H3/t17-,18+,20-,30?,31?/m1/s1. The summed E-state index contributed by atoms with van der Waals surface area (Å²) in [4.78, 5) is 26.4. The van der Waals surface area contributed by atoms with Crippen LogP contribution in [0.15, 0.2) is 41.9 Å². The number of piperazine rings is 1. The van der Waals surface area contributed by atoms with E-state index in [1.807, 2.05) is 17.9 Å². The largest absolute Gasteiger partial charge is 0.488 e. The number of amides is 1. The van der Waals surface area contributed by atoms with Crippen LogP contribution in [0.3, 0.4) is 0 Å². The van der Waals surface area contributed by atoms with Crippen LogP contribution in [0.2, 0.25) is 10.0 Å². The Bertz CT molecular complexity index is 1500. The van der Waals surface area contributed by atoms with Gasteiger partial charge in [-0.05, 0) is 44.2 Å². The Hall–Kier alpha value is -2.89. The second-order valence-electron chi connectivity index (χ2n) is 11.8. The van der Waals surface area contributed by atoms with Crippen molar-refractivity contribution in [2.45, 2.75) is 44.4 Å². The van der Waals surface area contributed by atoms with E-state index in [4.69, 9.17) is 42.4 Å². The summed E-state index contributed by atoms with van der Waals surface area (Å²) in [6, 6.07) is 6.15. The Labute approximate surface area is 260 Å². The number of carbonyl (C=O) groups excluding carboxylic acids is 1. The zero-order chi connectivity index (χ0) is 30.0. The van der Waals surface area contributed by atoms with Gasteiger partial charge in [-0.15, -0.1) is 0 Å². The van der Waals surface area contributed by atoms with Crippen molar-refractivity contribution in [2.24, 2.45) is 4.99 Å². The smallest absolute Gasteiger partial charge is 0.246 e. The summed E-state index contributed by atoms with van der Waals surface area (Å²) in [5.41, 5.74) is 2.32. The van der Waals surface area contributed by atoms with Crippen LogP contribution in [0.4, 0.5) is 10.1 Å². The van der Waals surface area contributed by atoms with E-state index < -0.39 is 5.82 Å². The quantitative estimate of drug-likeness (QED) is 0.370. The van der Waals surface area contributed by atoms with Crippen LogP contribution in [-0.4, -0.2) is 110 Å². The number of nitrogens with zero attached hydrogens (tertiary/aromatic N) is 5. The highest BCUT2D eigenvalue weighted by atomic mass is 35.5. The van der Waals surface area contributed by atoms with Crippen molar-refractivity contribution in [2.75, 3.05) is 57.4 Å². The number of halogens is 3. The molecule has 2 aromatic rings. The monoisotopic (exact) mass is 629 g/mol. The summed E-state index contributed by atoms with van der Waals surface area (Å²) in [7, 11) is 0. The van der Waals surface area contributed by atoms with E-state index in [2.05, 4.69) is 28.2 Å². The molecular weight excluding hydrogens is 596 g/mol. The number of hydrogen-bond donors (Lipinski definition) is 0. The van der Waals surface area contributed by atoms with Gasteiger partial charge in [0, 0.05) is 66.5 Å². The molecule has 2 aromatic carbocycles. The van der Waals surface area contributed by atoms with Crippen molar-refractivity contribution in [1.82, 2.24) is 14.7 Å². The molecule has 2 unspecified atom stereocenters. The van der Waals surface area contributed by atoms with Crippen LogP contribution in [0.25, 0.3) is 11.1 Å². The summed E-state index contributed by atoms with van der Waals surface area (Å²) in [6.45, 7) is 13.0. The molecule has 1 amide bonds. The molecule has 9 nitrogen and oxygen atoms in total. The first-order valence-corrected chi connectivity index (χ1v) is 15.5. The number of amidine groups is 1. The van der Waals surface area contributed by atoms with Crippen molar-refractivity contribution in [3.8, 4) is 16.9 Å². The van der Waals surface area contributed by atoms with Gasteiger partial charge in [-0.25, -0.2) is 9.38 Å². The third kappa shape index (κ3) is 5.07. The van der Waals surface area contributed by atoms with E-state index >= 15 is 4.39 Å². The van der Waals surface area contributed by atoms with Crippen molar-refractivity contribution in [3.63, 3.8) is 0 Å². The summed E-state index contributed by atoms with van der Waals surface area (Å²) >= 11 is 13.4. The molecule has 0 aliphatic carbocycles. The zero-order valence-electron chi connectivity index (χ0n) is 24.1. The van der Waals surface area contributed by atoms with Crippen LogP contribution >= 0.6 is 23.2 Å². The van der Waals surface area contributed by atoms with Gasteiger partial charge in [0.05, 0.1) is 30.0 Å². The first kappa shape index (κ1) is 28.9. The van der Waals surface area contributed by atoms with E-state index in [1.165, 1.54) is 18.2 Å². The number of morpholine rings is 1. The fourth-order valence-electron chi connectivity index (χ4n) is 6.78. The molecule has 0 radical (unpaired) electrons. The summed E-state index contributed by atoms with van der Waals surface area (Å²) in [5.74, 6) is 0.687. The molecule has 0 bridgehead atoms. The fraction of sp³-hybridized carbons (Fsp3) is 0.484. The number of aliphatic imine (C=N–C) groups is 1. The van der Waals surface area contributed by atoms with E-state index in [-0.39, 0.29) is 42.1 Å². The molecule has 3 fully saturated rings. The van der Waals surface area contributed by atoms with Crippen LogP contribution in [0.5, 0.6) is 5.75 Å². The van der Waals surface area contributed by atoms with Gasteiger partial charge in [-0.3, -0.25) is 9.69 Å². The molecule has 3 saturated heterocycles. The maximum atomic E-state index is 15.3. The predicted octanol–water partition coefficient (Wildman–Crippen LogP) is 4.25. The molecule has 0 N–H and O–H groups in total. The van der Waals surface area contributed by atoms with Crippen molar-refractivity contribution in [3.05, 3.63) is 58.3 Å². The van der Waals surface area contributed by atoms with Crippen LogP contribution in [0, 0.1) is 5.82 Å². The van der Waals surface area contributed by atoms with Crippen molar-refractivity contribution < 1.29 is 23.4 Å². The molecule has 5 atom stereocenters. The molecule has 43 heavy (non-hydrogen) atoms. The number of carbonyl (C=O) groups is 1. The van der Waals surface area contributed by atoms with Gasteiger partial charge < -0.3 is 28.9 Å². The Kier molecular flexibility index (Phi) is 7.54. The first-order chi connectivity index (χ1) is 20.7. The van der Waals surface area contributed by atoms with Crippen LogP contribution in [0.1, 0.15) is 19.4 Å². The predicted molar refractivity (Wildman–Crippen MR) is 164 cm³/mol. The number of anilines is 1. The summed E-state index contributed by atoms with van der Waals surface area (Å²) in [6.07, 6.45) is 0.693.